The maximum absolute atomic E-state index is 14.3. The summed E-state index contributed by atoms with van der Waals surface area (Å²) < 4.78 is 27.2. The third-order valence-corrected chi connectivity index (χ3v) is 9.18. The first kappa shape index (κ1) is 31.6. The second-order valence-corrected chi connectivity index (χ2v) is 13.6. The normalized spacial score (nSPS) is 14.7. The average Bonchev–Trinajstić information content (AvgIpc) is 2.96. The Morgan fingerprint density at radius 2 is 1.60 bits per heavy atom. The summed E-state index contributed by atoms with van der Waals surface area (Å²) in [6.07, 6.45) is 6.46. The predicted octanol–water partition coefficient (Wildman–Crippen LogP) is 5.81. The molecule has 42 heavy (non-hydrogen) atoms. The molecule has 9 heteroatoms. The first-order chi connectivity index (χ1) is 20.0. The first-order valence-electron chi connectivity index (χ1n) is 14.4. The van der Waals surface area contributed by atoms with Crippen molar-refractivity contribution in [1.82, 2.24) is 10.2 Å². The van der Waals surface area contributed by atoms with Crippen molar-refractivity contribution in [1.29, 1.82) is 0 Å². The number of carbonyl (C=O) groups is 2. The minimum absolute atomic E-state index is 0.0579. The van der Waals surface area contributed by atoms with E-state index in [0.717, 1.165) is 59.4 Å². The Bertz CT molecular complexity index is 1470. The van der Waals surface area contributed by atoms with Crippen molar-refractivity contribution in [2.45, 2.75) is 71.0 Å². The summed E-state index contributed by atoms with van der Waals surface area (Å²) in [5, 5.41) is 3.58. The van der Waals surface area contributed by atoms with Gasteiger partial charge in [-0.05, 0) is 55.5 Å². The standard InChI is InChI=1S/C33H40ClN3O4S/c1-24-14-17-27(18-15-24)22-36(32(38)23-37(42(3,40)41)30-21-28(34)19-16-25(30)2)31(20-26-10-6-4-7-11-26)33(39)35-29-12-8-5-9-13-29/h4,6-7,10-11,14-19,21,29,31H,5,8-9,12-13,20,22-23H2,1-3H3,(H,35,39). The van der Waals surface area contributed by atoms with Gasteiger partial charge in [0.25, 0.3) is 0 Å². The van der Waals surface area contributed by atoms with Crippen molar-refractivity contribution >= 4 is 39.1 Å². The number of carbonyl (C=O) groups excluding carboxylic acids is 2. The van der Waals surface area contributed by atoms with Crippen LogP contribution < -0.4 is 9.62 Å². The largest absolute Gasteiger partial charge is 0.352 e. The number of hydrogen-bond acceptors (Lipinski definition) is 4. The number of nitrogens with one attached hydrogen (secondary N) is 1. The molecular formula is C33H40ClN3O4S. The zero-order valence-electron chi connectivity index (χ0n) is 24.6. The van der Waals surface area contributed by atoms with Gasteiger partial charge in [-0.1, -0.05) is 97.1 Å². The van der Waals surface area contributed by atoms with E-state index in [4.69, 9.17) is 11.6 Å². The van der Waals surface area contributed by atoms with Crippen molar-refractivity contribution in [3.8, 4) is 0 Å². The summed E-state index contributed by atoms with van der Waals surface area (Å²) in [5.74, 6) is -0.698. The van der Waals surface area contributed by atoms with Crippen LogP contribution in [0.5, 0.6) is 0 Å². The fraction of sp³-hybridized carbons (Fsp3) is 0.394. The van der Waals surface area contributed by atoms with Gasteiger partial charge in [0.15, 0.2) is 0 Å². The van der Waals surface area contributed by atoms with Gasteiger partial charge in [-0.3, -0.25) is 13.9 Å². The van der Waals surface area contributed by atoms with E-state index in [1.807, 2.05) is 61.5 Å². The van der Waals surface area contributed by atoms with Gasteiger partial charge in [-0.15, -0.1) is 0 Å². The number of nitrogens with zero attached hydrogens (tertiary/aromatic N) is 2. The molecule has 1 unspecified atom stereocenters. The molecule has 3 aromatic carbocycles. The van der Waals surface area contributed by atoms with Crippen LogP contribution in [0.1, 0.15) is 54.4 Å². The fourth-order valence-corrected chi connectivity index (χ4v) is 6.50. The number of benzene rings is 3. The van der Waals surface area contributed by atoms with E-state index in [-0.39, 0.29) is 18.5 Å². The van der Waals surface area contributed by atoms with Gasteiger partial charge in [-0.25, -0.2) is 8.42 Å². The molecule has 0 aromatic heterocycles. The molecule has 1 aliphatic rings. The second kappa shape index (κ2) is 14.2. The number of anilines is 1. The lowest BCUT2D eigenvalue weighted by atomic mass is 9.94. The number of aryl methyl sites for hydroxylation is 2. The van der Waals surface area contributed by atoms with Gasteiger partial charge in [0, 0.05) is 24.0 Å². The molecule has 2 amide bonds. The van der Waals surface area contributed by atoms with Crippen molar-refractivity contribution in [2.75, 3.05) is 17.1 Å². The molecule has 0 heterocycles. The van der Waals surface area contributed by atoms with Crippen LogP contribution in [-0.2, 0) is 32.6 Å². The predicted molar refractivity (Wildman–Crippen MR) is 169 cm³/mol. The highest BCUT2D eigenvalue weighted by molar-refractivity contribution is 7.92. The smallest absolute Gasteiger partial charge is 0.244 e. The Morgan fingerprint density at radius 1 is 0.929 bits per heavy atom. The number of halogens is 1. The Balaban J connectivity index is 1.73. The topological polar surface area (TPSA) is 86.8 Å². The second-order valence-electron chi connectivity index (χ2n) is 11.3. The monoisotopic (exact) mass is 609 g/mol. The molecule has 1 atom stereocenters. The maximum atomic E-state index is 14.3. The van der Waals surface area contributed by atoms with Crippen LogP contribution in [0.15, 0.2) is 72.8 Å². The summed E-state index contributed by atoms with van der Waals surface area (Å²) in [4.78, 5) is 29.8. The first-order valence-corrected chi connectivity index (χ1v) is 16.7. The summed E-state index contributed by atoms with van der Waals surface area (Å²) in [6, 6.07) is 21.6. The van der Waals surface area contributed by atoms with Crippen molar-refractivity contribution in [3.63, 3.8) is 0 Å². The lowest BCUT2D eigenvalue weighted by molar-refractivity contribution is -0.140. The van der Waals surface area contributed by atoms with Gasteiger partial charge < -0.3 is 10.2 Å². The van der Waals surface area contributed by atoms with Crippen molar-refractivity contribution in [2.24, 2.45) is 0 Å². The molecule has 1 saturated carbocycles. The number of rotatable bonds is 11. The lowest BCUT2D eigenvalue weighted by Crippen LogP contribution is -2.55. The highest BCUT2D eigenvalue weighted by atomic mass is 35.5. The molecule has 224 valence electrons. The SMILES string of the molecule is Cc1ccc(CN(C(=O)CN(c2cc(Cl)ccc2C)S(C)(=O)=O)C(Cc2ccccc2)C(=O)NC2CCCCC2)cc1. The molecule has 0 bridgehead atoms. The quantitative estimate of drug-likeness (QED) is 0.297. The van der Waals surface area contributed by atoms with Crippen LogP contribution >= 0.6 is 11.6 Å². The lowest BCUT2D eigenvalue weighted by Gasteiger charge is -2.35. The van der Waals surface area contributed by atoms with E-state index in [1.165, 1.54) is 4.90 Å². The van der Waals surface area contributed by atoms with Gasteiger partial charge in [0.2, 0.25) is 21.8 Å². The Kier molecular flexibility index (Phi) is 10.7. The third-order valence-electron chi connectivity index (χ3n) is 7.82. The Labute approximate surface area is 254 Å². The molecule has 0 radical (unpaired) electrons. The molecule has 0 aliphatic heterocycles. The van der Waals surface area contributed by atoms with Crippen LogP contribution in [0.25, 0.3) is 0 Å². The Morgan fingerprint density at radius 3 is 2.24 bits per heavy atom. The summed E-state index contributed by atoms with van der Waals surface area (Å²) in [6.45, 7) is 3.45. The van der Waals surface area contributed by atoms with Crippen molar-refractivity contribution in [3.05, 3.63) is 100 Å². The van der Waals surface area contributed by atoms with Gasteiger partial charge in [0.05, 0.1) is 11.9 Å². The minimum Gasteiger partial charge on any atom is -0.352 e. The van der Waals surface area contributed by atoms with Gasteiger partial charge >= 0.3 is 0 Å². The van der Waals surface area contributed by atoms with E-state index in [1.54, 1.807) is 25.1 Å². The van der Waals surface area contributed by atoms with Crippen LogP contribution in [0.2, 0.25) is 5.02 Å². The molecule has 0 spiro atoms. The maximum Gasteiger partial charge on any atom is 0.244 e. The van der Waals surface area contributed by atoms with Crippen LogP contribution in [0.4, 0.5) is 5.69 Å². The molecule has 4 rings (SSSR count). The van der Waals surface area contributed by atoms with Crippen molar-refractivity contribution < 1.29 is 18.0 Å². The molecule has 1 N–H and O–H groups in total. The van der Waals surface area contributed by atoms with Gasteiger partial charge in [-0.2, -0.15) is 0 Å². The molecule has 1 fully saturated rings. The fourth-order valence-electron chi connectivity index (χ4n) is 5.43. The molecule has 0 saturated heterocycles. The van der Waals surface area contributed by atoms with Crippen LogP contribution in [0, 0.1) is 13.8 Å². The molecule has 7 nitrogen and oxygen atoms in total. The minimum atomic E-state index is -3.87. The zero-order valence-corrected chi connectivity index (χ0v) is 26.1. The van der Waals surface area contributed by atoms with Gasteiger partial charge in [0.1, 0.15) is 12.6 Å². The highest BCUT2D eigenvalue weighted by Gasteiger charge is 2.34. The molecule has 1 aliphatic carbocycles. The zero-order chi connectivity index (χ0) is 30.3. The summed E-state index contributed by atoms with van der Waals surface area (Å²) in [5.41, 5.74) is 3.83. The van der Waals surface area contributed by atoms with Crippen LogP contribution in [0.3, 0.4) is 0 Å². The van der Waals surface area contributed by atoms with E-state index < -0.39 is 28.5 Å². The summed E-state index contributed by atoms with van der Waals surface area (Å²) >= 11 is 6.24. The number of hydrogen-bond donors (Lipinski definition) is 1. The summed E-state index contributed by atoms with van der Waals surface area (Å²) in [7, 11) is -3.87. The third kappa shape index (κ3) is 8.58. The number of amides is 2. The van der Waals surface area contributed by atoms with E-state index >= 15 is 0 Å². The van der Waals surface area contributed by atoms with E-state index in [9.17, 15) is 18.0 Å². The van der Waals surface area contributed by atoms with E-state index in [0.29, 0.717) is 22.7 Å². The molecular weight excluding hydrogens is 570 g/mol. The average molecular weight is 610 g/mol. The van der Waals surface area contributed by atoms with Crippen LogP contribution in [-0.4, -0.2) is 50.0 Å². The molecule has 3 aromatic rings. The highest BCUT2D eigenvalue weighted by Crippen LogP contribution is 2.27. The Hall–Kier alpha value is -3.36. The number of sulfonamides is 1. The van der Waals surface area contributed by atoms with E-state index in [2.05, 4.69) is 5.32 Å².